The molecule has 110 valence electrons. The summed E-state index contributed by atoms with van der Waals surface area (Å²) in [5.41, 5.74) is 0.824. The summed E-state index contributed by atoms with van der Waals surface area (Å²) < 4.78 is 38.8. The standard InChI is InChI=1S/C14H17F3N2O/c1-9-5-4-8-12(18-9)13(20)19-11-7-3-2-6-10(11)14(15,16)17/h4-5,8,10-11H,2-3,6-7H2,1H3,(H,19,20)/t10-,11-/m1/s1. The van der Waals surface area contributed by atoms with Gasteiger partial charge < -0.3 is 5.32 Å². The number of carbonyl (C=O) groups excluding carboxylic acids is 1. The number of pyridine rings is 1. The van der Waals surface area contributed by atoms with Crippen LogP contribution in [0.1, 0.15) is 41.9 Å². The minimum Gasteiger partial charge on any atom is -0.347 e. The Morgan fingerprint density at radius 1 is 1.30 bits per heavy atom. The maximum absolute atomic E-state index is 12.9. The minimum atomic E-state index is -4.27. The topological polar surface area (TPSA) is 42.0 Å². The molecule has 0 aromatic carbocycles. The lowest BCUT2D eigenvalue weighted by Crippen LogP contribution is -2.47. The third-order valence-corrected chi connectivity index (χ3v) is 3.62. The first-order chi connectivity index (χ1) is 9.38. The maximum atomic E-state index is 12.9. The zero-order valence-corrected chi connectivity index (χ0v) is 11.2. The largest absolute Gasteiger partial charge is 0.393 e. The van der Waals surface area contributed by atoms with Crippen molar-refractivity contribution in [3.8, 4) is 0 Å². The second kappa shape index (κ2) is 5.81. The lowest BCUT2D eigenvalue weighted by Gasteiger charge is -2.33. The fourth-order valence-corrected chi connectivity index (χ4v) is 2.61. The van der Waals surface area contributed by atoms with Gasteiger partial charge in [0.15, 0.2) is 0 Å². The van der Waals surface area contributed by atoms with E-state index in [0.29, 0.717) is 25.0 Å². The van der Waals surface area contributed by atoms with Crippen molar-refractivity contribution in [2.75, 3.05) is 0 Å². The Balaban J connectivity index is 2.09. The third kappa shape index (κ3) is 3.49. The second-order valence-corrected chi connectivity index (χ2v) is 5.18. The van der Waals surface area contributed by atoms with E-state index < -0.39 is 24.0 Å². The van der Waals surface area contributed by atoms with Crippen LogP contribution in [0.4, 0.5) is 13.2 Å². The first-order valence-corrected chi connectivity index (χ1v) is 6.69. The molecule has 2 atom stereocenters. The van der Waals surface area contributed by atoms with Crippen molar-refractivity contribution in [2.24, 2.45) is 5.92 Å². The Bertz CT molecular complexity index is 488. The highest BCUT2D eigenvalue weighted by molar-refractivity contribution is 5.92. The summed E-state index contributed by atoms with van der Waals surface area (Å²) in [5.74, 6) is -1.99. The number of hydrogen-bond acceptors (Lipinski definition) is 2. The Hall–Kier alpha value is -1.59. The molecule has 6 heteroatoms. The Labute approximate surface area is 115 Å². The Morgan fingerprint density at radius 2 is 2.00 bits per heavy atom. The summed E-state index contributed by atoms with van der Waals surface area (Å²) in [5, 5.41) is 2.50. The summed E-state index contributed by atoms with van der Waals surface area (Å²) in [6.07, 6.45) is -2.56. The van der Waals surface area contributed by atoms with Gasteiger partial charge >= 0.3 is 6.18 Å². The zero-order valence-electron chi connectivity index (χ0n) is 11.2. The van der Waals surface area contributed by atoms with Crippen molar-refractivity contribution in [1.82, 2.24) is 10.3 Å². The van der Waals surface area contributed by atoms with Gasteiger partial charge in [0.1, 0.15) is 5.69 Å². The summed E-state index contributed by atoms with van der Waals surface area (Å²) in [4.78, 5) is 16.0. The average Bonchev–Trinajstić information content (AvgIpc) is 2.38. The summed E-state index contributed by atoms with van der Waals surface area (Å²) >= 11 is 0. The van der Waals surface area contributed by atoms with Gasteiger partial charge in [-0.3, -0.25) is 4.79 Å². The molecule has 1 aromatic rings. The van der Waals surface area contributed by atoms with Crippen molar-refractivity contribution in [3.63, 3.8) is 0 Å². The number of alkyl halides is 3. The van der Waals surface area contributed by atoms with Crippen molar-refractivity contribution >= 4 is 5.91 Å². The van der Waals surface area contributed by atoms with E-state index in [2.05, 4.69) is 10.3 Å². The first kappa shape index (κ1) is 14.8. The molecule has 1 amide bonds. The molecule has 0 spiro atoms. The first-order valence-electron chi connectivity index (χ1n) is 6.69. The number of carbonyl (C=O) groups is 1. The molecule has 3 nitrogen and oxygen atoms in total. The van der Waals surface area contributed by atoms with Gasteiger partial charge in [-0.1, -0.05) is 18.9 Å². The van der Waals surface area contributed by atoms with Crippen LogP contribution in [0, 0.1) is 12.8 Å². The highest BCUT2D eigenvalue weighted by atomic mass is 19.4. The molecule has 2 rings (SSSR count). The van der Waals surface area contributed by atoms with E-state index in [0.717, 1.165) is 0 Å². The highest BCUT2D eigenvalue weighted by Crippen LogP contribution is 2.37. The molecule has 1 aliphatic carbocycles. The van der Waals surface area contributed by atoms with Crippen LogP contribution in [0.2, 0.25) is 0 Å². The smallest absolute Gasteiger partial charge is 0.347 e. The number of amides is 1. The van der Waals surface area contributed by atoms with Gasteiger partial charge in [-0.25, -0.2) is 4.98 Å². The average molecular weight is 286 g/mol. The van der Waals surface area contributed by atoms with E-state index in [4.69, 9.17) is 0 Å². The fraction of sp³-hybridized carbons (Fsp3) is 0.571. The summed E-state index contributed by atoms with van der Waals surface area (Å²) in [6, 6.07) is 4.06. The van der Waals surface area contributed by atoms with Gasteiger partial charge in [0.05, 0.1) is 5.92 Å². The predicted molar refractivity (Wildman–Crippen MR) is 68.2 cm³/mol. The molecule has 1 saturated carbocycles. The molecular formula is C14H17F3N2O. The van der Waals surface area contributed by atoms with E-state index in [1.54, 1.807) is 19.1 Å². The van der Waals surface area contributed by atoms with Crippen molar-refractivity contribution in [2.45, 2.75) is 44.8 Å². The van der Waals surface area contributed by atoms with Crippen LogP contribution < -0.4 is 5.32 Å². The number of rotatable bonds is 2. The minimum absolute atomic E-state index is 0.0791. The maximum Gasteiger partial charge on any atom is 0.393 e. The normalized spacial score (nSPS) is 23.4. The van der Waals surface area contributed by atoms with E-state index in [-0.39, 0.29) is 12.1 Å². The van der Waals surface area contributed by atoms with Crippen LogP contribution in [0.25, 0.3) is 0 Å². The molecule has 1 N–H and O–H groups in total. The van der Waals surface area contributed by atoms with Gasteiger partial charge in [-0.15, -0.1) is 0 Å². The van der Waals surface area contributed by atoms with Gasteiger partial charge in [0.25, 0.3) is 5.91 Å². The van der Waals surface area contributed by atoms with Crippen LogP contribution in [0.15, 0.2) is 18.2 Å². The lowest BCUT2D eigenvalue weighted by molar-refractivity contribution is -0.187. The third-order valence-electron chi connectivity index (χ3n) is 3.62. The number of aryl methyl sites for hydroxylation is 1. The fourth-order valence-electron chi connectivity index (χ4n) is 2.61. The second-order valence-electron chi connectivity index (χ2n) is 5.18. The Morgan fingerprint density at radius 3 is 2.65 bits per heavy atom. The monoisotopic (exact) mass is 286 g/mol. The molecule has 1 fully saturated rings. The molecule has 1 heterocycles. The molecular weight excluding hydrogens is 269 g/mol. The van der Waals surface area contributed by atoms with Crippen LogP contribution >= 0.6 is 0 Å². The van der Waals surface area contributed by atoms with Crippen molar-refractivity contribution in [3.05, 3.63) is 29.6 Å². The number of aromatic nitrogens is 1. The van der Waals surface area contributed by atoms with Gasteiger partial charge in [-0.05, 0) is 31.9 Å². The lowest BCUT2D eigenvalue weighted by atomic mass is 9.84. The van der Waals surface area contributed by atoms with Crippen molar-refractivity contribution < 1.29 is 18.0 Å². The molecule has 0 bridgehead atoms. The molecule has 1 aromatic heterocycles. The van der Waals surface area contributed by atoms with Crippen molar-refractivity contribution in [1.29, 1.82) is 0 Å². The van der Waals surface area contributed by atoms with E-state index in [1.165, 1.54) is 6.07 Å². The number of halogens is 3. The van der Waals surface area contributed by atoms with Gasteiger partial charge in [0.2, 0.25) is 0 Å². The van der Waals surface area contributed by atoms with E-state index >= 15 is 0 Å². The van der Waals surface area contributed by atoms with E-state index in [1.807, 2.05) is 0 Å². The van der Waals surface area contributed by atoms with E-state index in [9.17, 15) is 18.0 Å². The molecule has 0 aliphatic heterocycles. The predicted octanol–water partition coefficient (Wildman–Crippen LogP) is 3.24. The molecule has 20 heavy (non-hydrogen) atoms. The van der Waals surface area contributed by atoms with Crippen LogP contribution in [-0.2, 0) is 0 Å². The molecule has 0 radical (unpaired) electrons. The SMILES string of the molecule is Cc1cccc(C(=O)N[C@@H]2CCCC[C@H]2C(F)(F)F)n1. The number of nitrogens with zero attached hydrogens (tertiary/aromatic N) is 1. The Kier molecular flexibility index (Phi) is 4.30. The quantitative estimate of drug-likeness (QED) is 0.907. The molecule has 1 aliphatic rings. The number of nitrogens with one attached hydrogen (secondary N) is 1. The van der Waals surface area contributed by atoms with Crippen LogP contribution in [0.3, 0.4) is 0 Å². The molecule has 0 saturated heterocycles. The summed E-state index contributed by atoms with van der Waals surface area (Å²) in [6.45, 7) is 1.73. The van der Waals surface area contributed by atoms with Crippen LogP contribution in [0.5, 0.6) is 0 Å². The van der Waals surface area contributed by atoms with Gasteiger partial charge in [-0.2, -0.15) is 13.2 Å². The highest BCUT2D eigenvalue weighted by Gasteiger charge is 2.46. The number of hydrogen-bond donors (Lipinski definition) is 1. The molecule has 0 unspecified atom stereocenters. The van der Waals surface area contributed by atoms with Crippen LogP contribution in [-0.4, -0.2) is 23.1 Å². The van der Waals surface area contributed by atoms with Gasteiger partial charge in [0, 0.05) is 11.7 Å². The zero-order chi connectivity index (χ0) is 14.8. The summed E-state index contributed by atoms with van der Waals surface area (Å²) in [7, 11) is 0.